The van der Waals surface area contributed by atoms with Crippen LogP contribution in [0.1, 0.15) is 0 Å². The molecule has 0 aliphatic carbocycles. The fourth-order valence-electron chi connectivity index (χ4n) is 0.892. The molecule has 0 radical (unpaired) electrons. The summed E-state index contributed by atoms with van der Waals surface area (Å²) >= 11 is 12.3. The van der Waals surface area contributed by atoms with Gasteiger partial charge in [-0.2, -0.15) is 0 Å². The molecule has 2 aromatic carbocycles. The lowest BCUT2D eigenvalue weighted by molar-refractivity contribution is 1.27. The molecule has 0 saturated heterocycles. The van der Waals surface area contributed by atoms with Crippen molar-refractivity contribution in [1.29, 1.82) is 0 Å². The Morgan fingerprint density at radius 3 is 1.20 bits per heavy atom. The molecule has 0 aromatic heterocycles. The molecule has 0 aliphatic heterocycles. The molecule has 0 fully saturated rings. The Morgan fingerprint density at radius 2 is 0.933 bits per heavy atom. The Kier molecular flexibility index (Phi) is 5.76. The summed E-state index contributed by atoms with van der Waals surface area (Å²) in [6.07, 6.45) is 0. The Morgan fingerprint density at radius 1 is 0.533 bits per heavy atom. The van der Waals surface area contributed by atoms with Crippen molar-refractivity contribution in [3.05, 3.63) is 54.6 Å². The number of hydrogen-bond donors (Lipinski definition) is 3. The summed E-state index contributed by atoms with van der Waals surface area (Å²) in [6, 6.07) is 17.5. The largest absolute Gasteiger partial charge is 0.143 e. The minimum absolute atomic E-state index is 0.927. The van der Waals surface area contributed by atoms with Crippen LogP contribution >= 0.6 is 37.9 Å². The van der Waals surface area contributed by atoms with Crippen LogP contribution in [0.2, 0.25) is 0 Å². The lowest BCUT2D eigenvalue weighted by atomic mass is 10.4. The predicted octanol–water partition coefficient (Wildman–Crippen LogP) is 4.24. The average Bonchev–Trinajstić information content (AvgIpc) is 2.25. The lowest BCUT2D eigenvalue weighted by Gasteiger charge is -1.91. The molecule has 0 atom stereocenters. The third kappa shape index (κ3) is 5.21. The molecule has 0 amide bonds. The van der Waals surface area contributed by atoms with Crippen LogP contribution in [0, 0.1) is 0 Å². The van der Waals surface area contributed by atoms with Gasteiger partial charge in [0.25, 0.3) is 0 Å². The molecular formula is C12H12S3. The number of benzene rings is 2. The third-order valence-electron chi connectivity index (χ3n) is 1.64. The summed E-state index contributed by atoms with van der Waals surface area (Å²) in [5.74, 6) is 0. The van der Waals surface area contributed by atoms with Gasteiger partial charge in [0, 0.05) is 14.7 Å². The summed E-state index contributed by atoms with van der Waals surface area (Å²) in [7, 11) is 0. The zero-order valence-corrected chi connectivity index (χ0v) is 10.7. The van der Waals surface area contributed by atoms with Gasteiger partial charge in [-0.25, -0.2) is 0 Å². The van der Waals surface area contributed by atoms with Crippen molar-refractivity contribution >= 4 is 37.9 Å². The van der Waals surface area contributed by atoms with Crippen molar-refractivity contribution in [2.24, 2.45) is 0 Å². The molecule has 0 bridgehead atoms. The van der Waals surface area contributed by atoms with Gasteiger partial charge >= 0.3 is 0 Å². The second-order valence-electron chi connectivity index (χ2n) is 2.82. The summed E-state index contributed by atoms with van der Waals surface area (Å²) in [5.41, 5.74) is 0. The zero-order valence-electron chi connectivity index (χ0n) is 8.04. The zero-order chi connectivity index (χ0) is 11.1. The van der Waals surface area contributed by atoms with Crippen LogP contribution in [0.4, 0.5) is 0 Å². The fraction of sp³-hybridized carbons (Fsp3) is 0. The Balaban J connectivity index is 0.000000151. The summed E-state index contributed by atoms with van der Waals surface area (Å²) in [5, 5.41) is 0. The van der Waals surface area contributed by atoms with Crippen LogP contribution < -0.4 is 0 Å². The predicted molar refractivity (Wildman–Crippen MR) is 74.6 cm³/mol. The van der Waals surface area contributed by atoms with Crippen LogP contribution in [0.15, 0.2) is 69.3 Å². The van der Waals surface area contributed by atoms with Gasteiger partial charge in [0.05, 0.1) is 0 Å². The second-order valence-corrected chi connectivity index (χ2v) is 4.30. The molecule has 3 heteroatoms. The summed E-state index contributed by atoms with van der Waals surface area (Å²) in [6.45, 7) is 0. The average molecular weight is 252 g/mol. The molecule has 2 rings (SSSR count). The van der Waals surface area contributed by atoms with E-state index in [1.165, 1.54) is 0 Å². The molecule has 15 heavy (non-hydrogen) atoms. The Hall–Kier alpha value is -0.510. The van der Waals surface area contributed by atoms with Gasteiger partial charge in [0.15, 0.2) is 0 Å². The molecule has 0 saturated carbocycles. The van der Waals surface area contributed by atoms with Crippen LogP contribution in [0.25, 0.3) is 0 Å². The van der Waals surface area contributed by atoms with Gasteiger partial charge in [-0.15, -0.1) is 37.9 Å². The van der Waals surface area contributed by atoms with Gasteiger partial charge in [-0.1, -0.05) is 30.3 Å². The van der Waals surface area contributed by atoms with E-state index < -0.39 is 0 Å². The first-order valence-corrected chi connectivity index (χ1v) is 5.75. The minimum atomic E-state index is 0.927. The van der Waals surface area contributed by atoms with Gasteiger partial charge in [0.1, 0.15) is 0 Å². The first-order valence-electron chi connectivity index (χ1n) is 4.41. The molecule has 2 aromatic rings. The quantitative estimate of drug-likeness (QED) is 0.574. The van der Waals surface area contributed by atoms with E-state index >= 15 is 0 Å². The van der Waals surface area contributed by atoms with Crippen molar-refractivity contribution in [1.82, 2.24) is 0 Å². The maximum atomic E-state index is 4.12. The highest BCUT2D eigenvalue weighted by molar-refractivity contribution is 7.83. The highest BCUT2D eigenvalue weighted by Crippen LogP contribution is 2.15. The number of rotatable bonds is 0. The maximum absolute atomic E-state index is 4.12. The highest BCUT2D eigenvalue weighted by atomic mass is 32.1. The van der Waals surface area contributed by atoms with Crippen molar-refractivity contribution in [2.75, 3.05) is 0 Å². The van der Waals surface area contributed by atoms with Crippen molar-refractivity contribution in [3.63, 3.8) is 0 Å². The molecule has 0 heterocycles. The van der Waals surface area contributed by atoms with Crippen molar-refractivity contribution in [3.8, 4) is 0 Å². The van der Waals surface area contributed by atoms with Gasteiger partial charge in [0.2, 0.25) is 0 Å². The first kappa shape index (κ1) is 12.6. The van der Waals surface area contributed by atoms with E-state index in [0.29, 0.717) is 0 Å². The fourth-order valence-corrected chi connectivity index (χ4v) is 1.39. The van der Waals surface area contributed by atoms with Gasteiger partial charge in [-0.05, 0) is 24.3 Å². The van der Waals surface area contributed by atoms with Gasteiger partial charge in [-0.3, -0.25) is 0 Å². The number of thiol groups is 3. The van der Waals surface area contributed by atoms with E-state index in [9.17, 15) is 0 Å². The molecule has 0 unspecified atom stereocenters. The van der Waals surface area contributed by atoms with Crippen LogP contribution in [-0.4, -0.2) is 0 Å². The van der Waals surface area contributed by atoms with E-state index in [-0.39, 0.29) is 0 Å². The van der Waals surface area contributed by atoms with E-state index in [0.717, 1.165) is 14.7 Å². The molecule has 0 N–H and O–H groups in total. The van der Waals surface area contributed by atoms with Crippen LogP contribution in [0.3, 0.4) is 0 Å². The third-order valence-corrected chi connectivity index (χ3v) is 2.89. The maximum Gasteiger partial charge on any atom is 0.0174 e. The van der Waals surface area contributed by atoms with Crippen molar-refractivity contribution in [2.45, 2.75) is 14.7 Å². The lowest BCUT2D eigenvalue weighted by Crippen LogP contribution is -1.65. The molecule has 0 aliphatic rings. The highest BCUT2D eigenvalue weighted by Gasteiger charge is 1.86. The molecule has 78 valence electrons. The smallest absolute Gasteiger partial charge is 0.0174 e. The van der Waals surface area contributed by atoms with E-state index in [2.05, 4.69) is 37.9 Å². The number of hydrogen-bond acceptors (Lipinski definition) is 3. The van der Waals surface area contributed by atoms with Crippen LogP contribution in [-0.2, 0) is 0 Å². The van der Waals surface area contributed by atoms with Crippen molar-refractivity contribution < 1.29 is 0 Å². The Bertz CT molecular complexity index is 378. The van der Waals surface area contributed by atoms with E-state index in [4.69, 9.17) is 0 Å². The SMILES string of the molecule is Sc1ccccc1.Sc1ccccc1S. The monoisotopic (exact) mass is 252 g/mol. The summed E-state index contributed by atoms with van der Waals surface area (Å²) in [4.78, 5) is 2.87. The second kappa shape index (κ2) is 6.88. The topological polar surface area (TPSA) is 0 Å². The molecule has 0 nitrogen and oxygen atoms in total. The Labute approximate surface area is 107 Å². The summed E-state index contributed by atoms with van der Waals surface area (Å²) < 4.78 is 0. The minimum Gasteiger partial charge on any atom is -0.143 e. The normalized spacial score (nSPS) is 9.00. The van der Waals surface area contributed by atoms with E-state index in [1.807, 2.05) is 54.6 Å². The van der Waals surface area contributed by atoms with Crippen LogP contribution in [0.5, 0.6) is 0 Å². The van der Waals surface area contributed by atoms with E-state index in [1.54, 1.807) is 0 Å². The first-order chi connectivity index (χ1) is 7.20. The molecule has 0 spiro atoms. The van der Waals surface area contributed by atoms with Gasteiger partial charge < -0.3 is 0 Å². The molecular weight excluding hydrogens is 240 g/mol. The standard InChI is InChI=1S/C6H6S2.C6H6S/c7-5-3-1-2-4-6(5)8;7-6-4-2-1-3-5-6/h1-4,7-8H;1-5,7H.